The summed E-state index contributed by atoms with van der Waals surface area (Å²) in [5.41, 5.74) is 0. The fourth-order valence-corrected chi connectivity index (χ4v) is 3.16. The highest BCUT2D eigenvalue weighted by Crippen LogP contribution is 2.09. The summed E-state index contributed by atoms with van der Waals surface area (Å²) in [6.07, 6.45) is 8.12. The van der Waals surface area contributed by atoms with E-state index < -0.39 is 0 Å². The molecule has 0 aromatic carbocycles. The molecule has 0 radical (unpaired) electrons. The molecule has 3 N–H and O–H groups in total. The van der Waals surface area contributed by atoms with Gasteiger partial charge in [-0.15, -0.1) is 24.0 Å². The maximum atomic E-state index is 11.4. The molecule has 0 unspecified atom stereocenters. The maximum absolute atomic E-state index is 11.4. The number of aryl methyl sites for hydroxylation is 2. The maximum Gasteiger partial charge on any atom is 0.233 e. The summed E-state index contributed by atoms with van der Waals surface area (Å²) in [5.74, 6) is 2.02. The van der Waals surface area contributed by atoms with Crippen molar-refractivity contribution in [2.45, 2.75) is 45.2 Å². The Labute approximate surface area is 179 Å². The first kappa shape index (κ1) is 23.7. The number of carbonyl (C=O) groups excluding carboxylic acids is 1. The summed E-state index contributed by atoms with van der Waals surface area (Å²) in [6.45, 7) is 6.31. The van der Waals surface area contributed by atoms with E-state index in [0.29, 0.717) is 12.6 Å². The average molecular weight is 491 g/mol. The molecule has 1 aliphatic rings. The quantitative estimate of drug-likeness (QED) is 0.218. The van der Waals surface area contributed by atoms with E-state index in [-0.39, 0.29) is 29.9 Å². The number of likely N-dealkylation sites (tertiary alicyclic amines) is 1. The molecule has 1 fully saturated rings. The van der Waals surface area contributed by atoms with Crippen molar-refractivity contribution in [2.24, 2.45) is 4.99 Å². The lowest BCUT2D eigenvalue weighted by Gasteiger charge is -2.32. The Morgan fingerprint density at radius 3 is 2.67 bits per heavy atom. The van der Waals surface area contributed by atoms with Gasteiger partial charge in [-0.1, -0.05) is 0 Å². The van der Waals surface area contributed by atoms with Gasteiger partial charge in [-0.25, -0.2) is 4.98 Å². The van der Waals surface area contributed by atoms with Gasteiger partial charge in [0.15, 0.2) is 5.96 Å². The minimum absolute atomic E-state index is 0. The number of likely N-dealkylation sites (N-methyl/N-ethyl adjacent to an activating group) is 1. The molecule has 1 aromatic rings. The van der Waals surface area contributed by atoms with Gasteiger partial charge in [0.25, 0.3) is 0 Å². The second-order valence-electron chi connectivity index (χ2n) is 6.74. The third-order valence-electron chi connectivity index (χ3n) is 4.84. The van der Waals surface area contributed by atoms with Crippen LogP contribution in [0.25, 0.3) is 0 Å². The Bertz CT molecular complexity index is 582. The minimum atomic E-state index is 0. The van der Waals surface area contributed by atoms with Crippen LogP contribution in [0.15, 0.2) is 17.4 Å². The van der Waals surface area contributed by atoms with Crippen LogP contribution < -0.4 is 16.0 Å². The number of rotatable bonds is 8. The Kier molecular flexibility index (Phi) is 11.3. The highest BCUT2D eigenvalue weighted by atomic mass is 127. The molecule has 1 aromatic heterocycles. The number of nitrogens with zero attached hydrogens (tertiary/aromatic N) is 4. The molecular weight excluding hydrogens is 457 g/mol. The Morgan fingerprint density at radius 2 is 2.07 bits per heavy atom. The smallest absolute Gasteiger partial charge is 0.233 e. The molecule has 1 aliphatic heterocycles. The molecule has 1 saturated heterocycles. The topological polar surface area (TPSA) is 86.6 Å². The van der Waals surface area contributed by atoms with Crippen LogP contribution in [-0.2, 0) is 11.3 Å². The summed E-state index contributed by atoms with van der Waals surface area (Å²) in [6, 6.07) is 0.413. The zero-order valence-corrected chi connectivity index (χ0v) is 19.0. The number of aliphatic imine (C=N–C) groups is 1. The predicted molar refractivity (Wildman–Crippen MR) is 120 cm³/mol. The Balaban J connectivity index is 0.00000364. The van der Waals surface area contributed by atoms with Crippen molar-refractivity contribution in [1.29, 1.82) is 0 Å². The number of hydrogen-bond acceptors (Lipinski definition) is 4. The van der Waals surface area contributed by atoms with Crippen molar-refractivity contribution in [3.05, 3.63) is 18.2 Å². The van der Waals surface area contributed by atoms with Gasteiger partial charge in [0, 0.05) is 58.7 Å². The monoisotopic (exact) mass is 491 g/mol. The number of aromatic nitrogens is 2. The molecule has 0 aliphatic carbocycles. The van der Waals surface area contributed by atoms with E-state index in [2.05, 4.69) is 35.4 Å². The first-order chi connectivity index (χ1) is 12.6. The van der Waals surface area contributed by atoms with Gasteiger partial charge in [0.05, 0.1) is 6.54 Å². The van der Waals surface area contributed by atoms with Crippen molar-refractivity contribution in [3.63, 3.8) is 0 Å². The van der Waals surface area contributed by atoms with Crippen LogP contribution in [0.3, 0.4) is 0 Å². The van der Waals surface area contributed by atoms with Crippen LogP contribution in [-0.4, -0.2) is 72.6 Å². The fourth-order valence-electron chi connectivity index (χ4n) is 3.16. The standard InChI is InChI=1S/C18H33N7O.HI/c1-15-21-9-13-25(15)10-5-4-8-22-18(20-3)23-16-6-11-24(12-7-16)14-17(26)19-2;/h9,13,16H,4-8,10-12,14H2,1-3H3,(H,19,26)(H2,20,22,23);1H. The average Bonchev–Trinajstić information content (AvgIpc) is 3.06. The van der Waals surface area contributed by atoms with Gasteiger partial charge < -0.3 is 20.5 Å². The lowest BCUT2D eigenvalue weighted by molar-refractivity contribution is -0.122. The van der Waals surface area contributed by atoms with Gasteiger partial charge in [-0.2, -0.15) is 0 Å². The third-order valence-corrected chi connectivity index (χ3v) is 4.84. The van der Waals surface area contributed by atoms with Crippen molar-refractivity contribution in [3.8, 4) is 0 Å². The number of piperidine rings is 1. The summed E-state index contributed by atoms with van der Waals surface area (Å²) in [5, 5.41) is 9.58. The summed E-state index contributed by atoms with van der Waals surface area (Å²) in [7, 11) is 3.49. The van der Waals surface area contributed by atoms with Crippen LogP contribution in [0.1, 0.15) is 31.5 Å². The largest absolute Gasteiger partial charge is 0.358 e. The molecule has 154 valence electrons. The molecule has 0 saturated carbocycles. The van der Waals surface area contributed by atoms with Crippen molar-refractivity contribution in [1.82, 2.24) is 30.4 Å². The van der Waals surface area contributed by atoms with Crippen LogP contribution in [0.2, 0.25) is 0 Å². The number of hydrogen-bond donors (Lipinski definition) is 3. The molecule has 2 heterocycles. The SMILES string of the molecule is CN=C(NCCCCn1ccnc1C)NC1CCN(CC(=O)NC)CC1.I. The van der Waals surface area contributed by atoms with E-state index >= 15 is 0 Å². The van der Waals surface area contributed by atoms with Crippen molar-refractivity contribution in [2.75, 3.05) is 40.3 Å². The van der Waals surface area contributed by atoms with Crippen molar-refractivity contribution < 1.29 is 4.79 Å². The third kappa shape index (κ3) is 8.46. The lowest BCUT2D eigenvalue weighted by atomic mass is 10.1. The molecule has 9 heteroatoms. The van der Waals surface area contributed by atoms with Gasteiger partial charge in [-0.3, -0.25) is 14.7 Å². The molecule has 0 bridgehead atoms. The first-order valence-electron chi connectivity index (χ1n) is 9.50. The van der Waals surface area contributed by atoms with E-state index in [1.165, 1.54) is 0 Å². The number of halogens is 1. The zero-order chi connectivity index (χ0) is 18.8. The second kappa shape index (κ2) is 12.9. The number of carbonyl (C=O) groups is 1. The van der Waals surface area contributed by atoms with E-state index in [9.17, 15) is 4.79 Å². The number of guanidine groups is 1. The molecular formula is C18H34IN7O. The van der Waals surface area contributed by atoms with E-state index in [1.807, 2.05) is 26.4 Å². The number of amides is 1. The zero-order valence-electron chi connectivity index (χ0n) is 16.7. The normalized spacial score (nSPS) is 15.9. The van der Waals surface area contributed by atoms with Gasteiger partial charge >= 0.3 is 0 Å². The van der Waals surface area contributed by atoms with Crippen LogP contribution >= 0.6 is 24.0 Å². The highest BCUT2D eigenvalue weighted by Gasteiger charge is 2.21. The summed E-state index contributed by atoms with van der Waals surface area (Å²) < 4.78 is 2.18. The second-order valence-corrected chi connectivity index (χ2v) is 6.74. The Morgan fingerprint density at radius 1 is 1.33 bits per heavy atom. The summed E-state index contributed by atoms with van der Waals surface area (Å²) in [4.78, 5) is 22.2. The van der Waals surface area contributed by atoms with E-state index in [4.69, 9.17) is 0 Å². The minimum Gasteiger partial charge on any atom is -0.358 e. The first-order valence-corrected chi connectivity index (χ1v) is 9.50. The molecule has 2 rings (SSSR count). The molecule has 0 atom stereocenters. The number of nitrogens with one attached hydrogen (secondary N) is 3. The van der Waals surface area contributed by atoms with E-state index in [0.717, 1.165) is 63.6 Å². The molecule has 27 heavy (non-hydrogen) atoms. The van der Waals surface area contributed by atoms with Crippen molar-refractivity contribution >= 4 is 35.8 Å². The predicted octanol–water partition coefficient (Wildman–Crippen LogP) is 0.965. The van der Waals surface area contributed by atoms with E-state index in [1.54, 1.807) is 7.05 Å². The fraction of sp³-hybridized carbons (Fsp3) is 0.722. The van der Waals surface area contributed by atoms with Crippen LogP contribution in [0.5, 0.6) is 0 Å². The molecule has 0 spiro atoms. The Hall–Kier alpha value is -1.36. The number of unbranched alkanes of at least 4 members (excludes halogenated alkanes) is 1. The highest BCUT2D eigenvalue weighted by molar-refractivity contribution is 14.0. The van der Waals surface area contributed by atoms with Gasteiger partial charge in [-0.05, 0) is 32.6 Å². The molecule has 1 amide bonds. The van der Waals surface area contributed by atoms with Gasteiger partial charge in [0.1, 0.15) is 5.82 Å². The van der Waals surface area contributed by atoms with Gasteiger partial charge in [0.2, 0.25) is 5.91 Å². The van der Waals surface area contributed by atoms with Crippen LogP contribution in [0.4, 0.5) is 0 Å². The summed E-state index contributed by atoms with van der Waals surface area (Å²) >= 11 is 0. The lowest BCUT2D eigenvalue weighted by Crippen LogP contribution is -2.50. The molecule has 8 nitrogen and oxygen atoms in total. The number of imidazole rings is 1. The van der Waals surface area contributed by atoms with Crippen LogP contribution in [0, 0.1) is 6.92 Å².